The van der Waals surface area contributed by atoms with Crippen molar-refractivity contribution in [2.24, 2.45) is 0 Å². The van der Waals surface area contributed by atoms with Crippen molar-refractivity contribution >= 4 is 16.5 Å². The molecule has 1 aliphatic carbocycles. The Morgan fingerprint density at radius 3 is 2.60 bits per heavy atom. The van der Waals surface area contributed by atoms with Crippen LogP contribution in [0.4, 0.5) is 0 Å². The standard InChI is InChI=1S/C17H17NO2/c1-3-12-10(2)16(19)15(17(12)20)14-9-8-11-6-4-5-7-13(11)18-14/h4-9,17,19-20H,3H2,1-2H3. The fourth-order valence-electron chi connectivity index (χ4n) is 2.80. The molecule has 1 atom stereocenters. The number of hydrogen-bond acceptors (Lipinski definition) is 3. The molecule has 1 aromatic carbocycles. The van der Waals surface area contributed by atoms with Crippen molar-refractivity contribution in [1.82, 2.24) is 4.98 Å². The molecule has 0 saturated carbocycles. The molecule has 2 aromatic rings. The largest absolute Gasteiger partial charge is 0.507 e. The summed E-state index contributed by atoms with van der Waals surface area (Å²) in [5, 5.41) is 21.7. The summed E-state index contributed by atoms with van der Waals surface area (Å²) in [5.41, 5.74) is 3.65. The molecule has 1 aliphatic rings. The summed E-state index contributed by atoms with van der Waals surface area (Å²) in [7, 11) is 0. The predicted octanol–water partition coefficient (Wildman–Crippen LogP) is 3.60. The molecule has 3 nitrogen and oxygen atoms in total. The van der Waals surface area contributed by atoms with Gasteiger partial charge in [0.2, 0.25) is 0 Å². The lowest BCUT2D eigenvalue weighted by atomic mass is 10.0. The third kappa shape index (κ3) is 1.82. The molecule has 0 spiro atoms. The van der Waals surface area contributed by atoms with Gasteiger partial charge >= 0.3 is 0 Å². The van der Waals surface area contributed by atoms with Gasteiger partial charge in [-0.25, -0.2) is 4.98 Å². The van der Waals surface area contributed by atoms with Crippen LogP contribution in [0, 0.1) is 0 Å². The summed E-state index contributed by atoms with van der Waals surface area (Å²) in [4.78, 5) is 4.56. The lowest BCUT2D eigenvalue weighted by Gasteiger charge is -2.12. The van der Waals surface area contributed by atoms with Crippen LogP contribution in [-0.2, 0) is 0 Å². The summed E-state index contributed by atoms with van der Waals surface area (Å²) in [6.45, 7) is 3.82. The number of hydrogen-bond donors (Lipinski definition) is 2. The molecule has 102 valence electrons. The first-order valence-electron chi connectivity index (χ1n) is 6.81. The normalized spacial score (nSPS) is 19.2. The van der Waals surface area contributed by atoms with Crippen LogP contribution in [0.5, 0.6) is 0 Å². The Morgan fingerprint density at radius 2 is 1.90 bits per heavy atom. The fraction of sp³-hybridized carbons (Fsp3) is 0.235. The minimum atomic E-state index is -0.756. The smallest absolute Gasteiger partial charge is 0.126 e. The number of fused-ring (bicyclic) bond motifs is 1. The lowest BCUT2D eigenvalue weighted by molar-refractivity contribution is 0.265. The summed E-state index contributed by atoms with van der Waals surface area (Å²) in [6.07, 6.45) is -0.0395. The highest BCUT2D eigenvalue weighted by atomic mass is 16.3. The highest BCUT2D eigenvalue weighted by Crippen LogP contribution is 2.38. The van der Waals surface area contributed by atoms with Crippen LogP contribution >= 0.6 is 0 Å². The van der Waals surface area contributed by atoms with Crippen molar-refractivity contribution in [2.75, 3.05) is 0 Å². The van der Waals surface area contributed by atoms with E-state index in [-0.39, 0.29) is 5.76 Å². The van der Waals surface area contributed by atoms with E-state index in [0.29, 0.717) is 17.7 Å². The molecule has 0 saturated heterocycles. The second kappa shape index (κ2) is 4.76. The van der Waals surface area contributed by atoms with Gasteiger partial charge in [0.1, 0.15) is 11.9 Å². The monoisotopic (exact) mass is 267 g/mol. The van der Waals surface area contributed by atoms with E-state index in [0.717, 1.165) is 22.0 Å². The zero-order valence-electron chi connectivity index (χ0n) is 11.6. The SMILES string of the molecule is CCC1=C(C)C(O)=C(c2ccc3ccccc3n2)C1O. The van der Waals surface area contributed by atoms with E-state index in [1.165, 1.54) is 0 Å². The van der Waals surface area contributed by atoms with Crippen LogP contribution in [0.2, 0.25) is 0 Å². The molecule has 20 heavy (non-hydrogen) atoms. The fourth-order valence-corrected chi connectivity index (χ4v) is 2.80. The van der Waals surface area contributed by atoms with Gasteiger partial charge in [0.05, 0.1) is 16.8 Å². The van der Waals surface area contributed by atoms with Gasteiger partial charge in [0, 0.05) is 5.39 Å². The number of allylic oxidation sites excluding steroid dienone is 1. The lowest BCUT2D eigenvalue weighted by Crippen LogP contribution is -2.10. The van der Waals surface area contributed by atoms with Crippen molar-refractivity contribution in [3.05, 3.63) is 59.0 Å². The van der Waals surface area contributed by atoms with E-state index in [2.05, 4.69) is 4.98 Å². The Kier molecular flexibility index (Phi) is 3.07. The first-order chi connectivity index (χ1) is 9.63. The number of benzene rings is 1. The van der Waals surface area contributed by atoms with Gasteiger partial charge in [-0.1, -0.05) is 31.2 Å². The molecule has 0 aliphatic heterocycles. The maximum Gasteiger partial charge on any atom is 0.126 e. The van der Waals surface area contributed by atoms with Crippen molar-refractivity contribution in [1.29, 1.82) is 0 Å². The molecule has 1 heterocycles. The van der Waals surface area contributed by atoms with Crippen LogP contribution in [0.15, 0.2) is 53.3 Å². The van der Waals surface area contributed by atoms with Crippen molar-refractivity contribution in [3.63, 3.8) is 0 Å². The number of aromatic nitrogens is 1. The Morgan fingerprint density at radius 1 is 1.15 bits per heavy atom. The van der Waals surface area contributed by atoms with Gasteiger partial charge in [-0.05, 0) is 36.6 Å². The first-order valence-corrected chi connectivity index (χ1v) is 6.81. The van der Waals surface area contributed by atoms with Gasteiger partial charge in [-0.2, -0.15) is 0 Å². The summed E-state index contributed by atoms with van der Waals surface area (Å²) < 4.78 is 0. The highest BCUT2D eigenvalue weighted by Gasteiger charge is 2.31. The number of nitrogens with zero attached hydrogens (tertiary/aromatic N) is 1. The van der Waals surface area contributed by atoms with E-state index in [4.69, 9.17) is 0 Å². The maximum absolute atomic E-state index is 10.4. The summed E-state index contributed by atoms with van der Waals surface area (Å²) in [6, 6.07) is 11.6. The average Bonchev–Trinajstić information content (AvgIpc) is 2.68. The van der Waals surface area contributed by atoms with Crippen molar-refractivity contribution < 1.29 is 10.2 Å². The Balaban J connectivity index is 2.13. The summed E-state index contributed by atoms with van der Waals surface area (Å²) >= 11 is 0. The van der Waals surface area contributed by atoms with Gasteiger partial charge in [0.25, 0.3) is 0 Å². The first kappa shape index (κ1) is 12.9. The van der Waals surface area contributed by atoms with Crippen LogP contribution in [0.1, 0.15) is 26.0 Å². The number of para-hydroxylation sites is 1. The van der Waals surface area contributed by atoms with Gasteiger partial charge in [-0.3, -0.25) is 0 Å². The molecule has 0 bridgehead atoms. The van der Waals surface area contributed by atoms with E-state index >= 15 is 0 Å². The Hall–Kier alpha value is -2.13. The predicted molar refractivity (Wildman–Crippen MR) is 80.3 cm³/mol. The molecule has 0 radical (unpaired) electrons. The topological polar surface area (TPSA) is 53.4 Å². The Labute approximate surface area is 117 Å². The molecule has 3 heteroatoms. The molecular formula is C17H17NO2. The molecule has 0 amide bonds. The second-order valence-electron chi connectivity index (χ2n) is 5.06. The number of aliphatic hydroxyl groups is 2. The second-order valence-corrected chi connectivity index (χ2v) is 5.06. The zero-order valence-corrected chi connectivity index (χ0v) is 11.6. The van der Waals surface area contributed by atoms with Crippen LogP contribution < -0.4 is 0 Å². The van der Waals surface area contributed by atoms with Crippen LogP contribution in [-0.4, -0.2) is 21.3 Å². The Bertz CT molecular complexity index is 743. The van der Waals surface area contributed by atoms with Crippen molar-refractivity contribution in [3.8, 4) is 0 Å². The maximum atomic E-state index is 10.4. The van der Waals surface area contributed by atoms with E-state index in [9.17, 15) is 10.2 Å². The number of rotatable bonds is 2. The quantitative estimate of drug-likeness (QED) is 0.874. The molecule has 1 aromatic heterocycles. The summed E-state index contributed by atoms with van der Waals surface area (Å²) in [5.74, 6) is 0.164. The number of aliphatic hydroxyl groups excluding tert-OH is 2. The molecule has 3 rings (SSSR count). The van der Waals surface area contributed by atoms with Gasteiger partial charge in [0.15, 0.2) is 0 Å². The molecule has 2 N–H and O–H groups in total. The average molecular weight is 267 g/mol. The van der Waals surface area contributed by atoms with E-state index < -0.39 is 6.10 Å². The van der Waals surface area contributed by atoms with E-state index in [1.54, 1.807) is 0 Å². The van der Waals surface area contributed by atoms with Gasteiger partial charge < -0.3 is 10.2 Å². The van der Waals surface area contributed by atoms with Crippen LogP contribution in [0.25, 0.3) is 16.5 Å². The minimum Gasteiger partial charge on any atom is -0.507 e. The third-order valence-corrected chi connectivity index (χ3v) is 3.95. The van der Waals surface area contributed by atoms with Gasteiger partial charge in [-0.15, -0.1) is 0 Å². The number of pyridine rings is 1. The minimum absolute atomic E-state index is 0.164. The highest BCUT2D eigenvalue weighted by molar-refractivity contribution is 5.84. The van der Waals surface area contributed by atoms with E-state index in [1.807, 2.05) is 50.2 Å². The third-order valence-electron chi connectivity index (χ3n) is 3.95. The molecule has 0 fully saturated rings. The molecular weight excluding hydrogens is 250 g/mol. The van der Waals surface area contributed by atoms with Crippen LogP contribution in [0.3, 0.4) is 0 Å². The zero-order chi connectivity index (χ0) is 14.3. The van der Waals surface area contributed by atoms with Crippen molar-refractivity contribution in [2.45, 2.75) is 26.4 Å². The molecule has 1 unspecified atom stereocenters.